The van der Waals surface area contributed by atoms with Gasteiger partial charge in [-0.05, 0) is 6.92 Å². The summed E-state index contributed by atoms with van der Waals surface area (Å²) in [7, 11) is 0. The molecule has 1 saturated heterocycles. The molecule has 2 atom stereocenters. The van der Waals surface area contributed by atoms with Crippen molar-refractivity contribution in [3.8, 4) is 0 Å². The highest BCUT2D eigenvalue weighted by Gasteiger charge is 2.25. The predicted octanol–water partition coefficient (Wildman–Crippen LogP) is -0.477. The van der Waals surface area contributed by atoms with Gasteiger partial charge in [0.2, 0.25) is 5.91 Å². The number of primary amides is 1. The van der Waals surface area contributed by atoms with Gasteiger partial charge >= 0.3 is 0 Å². The molecule has 1 rings (SSSR count). The monoisotopic (exact) mass is 146 g/mol. The smallest absolute Gasteiger partial charge is 0.231 e. The van der Waals surface area contributed by atoms with Crippen molar-refractivity contribution in [3.63, 3.8) is 0 Å². The second-order valence-corrected chi connectivity index (χ2v) is 3.63. The molecule has 9 heavy (non-hydrogen) atoms. The first-order valence-electron chi connectivity index (χ1n) is 2.88. The molecule has 0 spiro atoms. The minimum absolute atomic E-state index is 0.0139. The summed E-state index contributed by atoms with van der Waals surface area (Å²) in [6.45, 7) is 2.74. The van der Waals surface area contributed by atoms with Crippen LogP contribution in [0.2, 0.25) is 0 Å². The van der Waals surface area contributed by atoms with Gasteiger partial charge in [-0.3, -0.25) is 4.79 Å². The van der Waals surface area contributed by atoms with E-state index in [4.69, 9.17) is 5.73 Å². The molecule has 52 valence electrons. The van der Waals surface area contributed by atoms with E-state index in [9.17, 15) is 4.79 Å². The lowest BCUT2D eigenvalue weighted by atomic mass is 10.4. The van der Waals surface area contributed by atoms with E-state index in [-0.39, 0.29) is 11.2 Å². The van der Waals surface area contributed by atoms with Crippen molar-refractivity contribution in [2.24, 2.45) is 5.73 Å². The molecular formula is C5H10N2OS. The van der Waals surface area contributed by atoms with Gasteiger partial charge in [-0.2, -0.15) is 0 Å². The number of nitrogens with two attached hydrogens (primary N) is 1. The quantitative estimate of drug-likeness (QED) is 0.525. The van der Waals surface area contributed by atoms with E-state index in [1.54, 1.807) is 11.8 Å². The summed E-state index contributed by atoms with van der Waals surface area (Å²) >= 11 is 1.59. The summed E-state index contributed by atoms with van der Waals surface area (Å²) in [5.41, 5.74) is 5.06. The normalized spacial score (nSPS) is 34.8. The van der Waals surface area contributed by atoms with Crippen molar-refractivity contribution in [2.45, 2.75) is 17.5 Å². The molecule has 4 heteroatoms. The van der Waals surface area contributed by atoms with Gasteiger partial charge in [0.25, 0.3) is 0 Å². The zero-order valence-electron chi connectivity index (χ0n) is 5.26. The van der Waals surface area contributed by atoms with Crippen molar-refractivity contribution in [1.82, 2.24) is 5.32 Å². The standard InChI is InChI=1S/C5H10N2OS/c1-3-7-2-4(9-3)5(6)8/h3-4,7H,2H2,1H3,(H2,6,8)/t3-,4+/m0/s1. The first-order chi connectivity index (χ1) is 4.20. The predicted molar refractivity (Wildman–Crippen MR) is 38.0 cm³/mol. The van der Waals surface area contributed by atoms with E-state index in [2.05, 4.69) is 5.32 Å². The molecule has 0 aromatic heterocycles. The van der Waals surface area contributed by atoms with E-state index in [0.717, 1.165) is 6.54 Å². The summed E-state index contributed by atoms with van der Waals surface area (Å²) in [4.78, 5) is 10.5. The fourth-order valence-corrected chi connectivity index (χ4v) is 1.80. The van der Waals surface area contributed by atoms with Crippen LogP contribution in [0.15, 0.2) is 0 Å². The Morgan fingerprint density at radius 1 is 1.89 bits per heavy atom. The Bertz CT molecular complexity index is 128. The van der Waals surface area contributed by atoms with Gasteiger partial charge < -0.3 is 11.1 Å². The third kappa shape index (κ3) is 1.59. The number of rotatable bonds is 1. The molecule has 0 aromatic carbocycles. The van der Waals surface area contributed by atoms with Gasteiger partial charge in [0.15, 0.2) is 0 Å². The number of hydrogen-bond acceptors (Lipinski definition) is 3. The molecule has 0 unspecified atom stereocenters. The average Bonchev–Trinajstić information content (AvgIpc) is 2.14. The fourth-order valence-electron chi connectivity index (χ4n) is 0.783. The highest BCUT2D eigenvalue weighted by atomic mass is 32.2. The van der Waals surface area contributed by atoms with Crippen LogP contribution in [0.25, 0.3) is 0 Å². The summed E-state index contributed by atoms with van der Waals surface area (Å²) in [5, 5.41) is 3.48. The Kier molecular flexibility index (Phi) is 1.97. The maximum atomic E-state index is 10.5. The molecule has 0 saturated carbocycles. The first kappa shape index (κ1) is 6.89. The Balaban J connectivity index is 2.39. The highest BCUT2D eigenvalue weighted by molar-refractivity contribution is 8.01. The molecule has 0 aliphatic carbocycles. The molecule has 1 aliphatic heterocycles. The van der Waals surface area contributed by atoms with Crippen LogP contribution < -0.4 is 11.1 Å². The molecule has 1 amide bonds. The van der Waals surface area contributed by atoms with E-state index >= 15 is 0 Å². The third-order valence-electron chi connectivity index (χ3n) is 1.28. The van der Waals surface area contributed by atoms with Gasteiger partial charge in [-0.15, -0.1) is 11.8 Å². The van der Waals surface area contributed by atoms with Crippen LogP contribution >= 0.6 is 11.8 Å². The molecule has 0 aromatic rings. The number of nitrogens with one attached hydrogen (secondary N) is 1. The maximum absolute atomic E-state index is 10.5. The molecule has 1 aliphatic rings. The zero-order chi connectivity index (χ0) is 6.85. The highest BCUT2D eigenvalue weighted by Crippen LogP contribution is 2.20. The van der Waals surface area contributed by atoms with Crippen molar-refractivity contribution in [3.05, 3.63) is 0 Å². The molecule has 1 fully saturated rings. The SMILES string of the molecule is C[C@H]1NC[C@H](C(N)=O)S1. The molecule has 3 nitrogen and oxygen atoms in total. The van der Waals surface area contributed by atoms with E-state index in [1.807, 2.05) is 6.92 Å². The maximum Gasteiger partial charge on any atom is 0.231 e. The third-order valence-corrected chi connectivity index (χ3v) is 2.58. The second-order valence-electron chi connectivity index (χ2n) is 2.08. The lowest BCUT2D eigenvalue weighted by molar-refractivity contribution is -0.117. The molecule has 0 radical (unpaired) electrons. The van der Waals surface area contributed by atoms with Crippen molar-refractivity contribution < 1.29 is 4.79 Å². The number of hydrogen-bond donors (Lipinski definition) is 2. The molecule has 1 heterocycles. The van der Waals surface area contributed by atoms with Crippen LogP contribution in [0, 0.1) is 0 Å². The van der Waals surface area contributed by atoms with Crippen molar-refractivity contribution >= 4 is 17.7 Å². The van der Waals surface area contributed by atoms with Crippen LogP contribution in [0.3, 0.4) is 0 Å². The van der Waals surface area contributed by atoms with E-state index in [1.165, 1.54) is 0 Å². The summed E-state index contributed by atoms with van der Waals surface area (Å²) in [5.74, 6) is -0.211. The second kappa shape index (κ2) is 2.58. The van der Waals surface area contributed by atoms with Crippen molar-refractivity contribution in [1.29, 1.82) is 0 Å². The average molecular weight is 146 g/mol. The fraction of sp³-hybridized carbons (Fsp3) is 0.800. The van der Waals surface area contributed by atoms with Crippen molar-refractivity contribution in [2.75, 3.05) is 6.54 Å². The molecule has 0 bridgehead atoms. The zero-order valence-corrected chi connectivity index (χ0v) is 6.07. The minimum atomic E-state index is -0.211. The first-order valence-corrected chi connectivity index (χ1v) is 3.82. The summed E-state index contributed by atoms with van der Waals surface area (Å²) in [6.07, 6.45) is 0. The Labute approximate surface area is 58.4 Å². The largest absolute Gasteiger partial charge is 0.369 e. The number of carbonyl (C=O) groups is 1. The number of carbonyl (C=O) groups excluding carboxylic acids is 1. The lowest BCUT2D eigenvalue weighted by Gasteiger charge is -1.99. The van der Waals surface area contributed by atoms with Gasteiger partial charge in [0.1, 0.15) is 0 Å². The van der Waals surface area contributed by atoms with Crippen LogP contribution in [0.1, 0.15) is 6.92 Å². The van der Waals surface area contributed by atoms with Crippen LogP contribution in [0.5, 0.6) is 0 Å². The van der Waals surface area contributed by atoms with Gasteiger partial charge in [0.05, 0.1) is 10.6 Å². The molecule has 3 N–H and O–H groups in total. The van der Waals surface area contributed by atoms with E-state index in [0.29, 0.717) is 5.37 Å². The van der Waals surface area contributed by atoms with Crippen LogP contribution in [-0.4, -0.2) is 23.1 Å². The number of thioether (sulfide) groups is 1. The van der Waals surface area contributed by atoms with Gasteiger partial charge in [-0.1, -0.05) is 0 Å². The summed E-state index contributed by atoms with van der Waals surface area (Å²) in [6, 6.07) is 0. The lowest BCUT2D eigenvalue weighted by Crippen LogP contribution is -2.28. The number of amides is 1. The Morgan fingerprint density at radius 3 is 2.78 bits per heavy atom. The van der Waals surface area contributed by atoms with Crippen LogP contribution in [0.4, 0.5) is 0 Å². The van der Waals surface area contributed by atoms with E-state index < -0.39 is 0 Å². The van der Waals surface area contributed by atoms with Gasteiger partial charge in [0, 0.05) is 6.54 Å². The Morgan fingerprint density at radius 2 is 2.56 bits per heavy atom. The van der Waals surface area contributed by atoms with Crippen LogP contribution in [-0.2, 0) is 4.79 Å². The summed E-state index contributed by atoms with van der Waals surface area (Å²) < 4.78 is 0. The Hall–Kier alpha value is -0.220. The van der Waals surface area contributed by atoms with Gasteiger partial charge in [-0.25, -0.2) is 0 Å². The molecular weight excluding hydrogens is 136 g/mol. The minimum Gasteiger partial charge on any atom is -0.369 e. The topological polar surface area (TPSA) is 55.1 Å².